The van der Waals surface area contributed by atoms with E-state index in [1.165, 1.54) is 23.5 Å². The van der Waals surface area contributed by atoms with E-state index in [1.54, 1.807) is 48.7 Å². The van der Waals surface area contributed by atoms with Crippen molar-refractivity contribution in [1.82, 2.24) is 4.98 Å². The first kappa shape index (κ1) is 17.0. The number of aromatic nitrogens is 1. The lowest BCUT2D eigenvalue weighted by atomic mass is 10.2. The Bertz CT molecular complexity index is 1130. The van der Waals surface area contributed by atoms with E-state index in [0.29, 0.717) is 32.3 Å². The molecule has 0 amide bonds. The Morgan fingerprint density at radius 3 is 2.63 bits per heavy atom. The molecule has 4 rings (SSSR count). The third-order valence-corrected chi connectivity index (χ3v) is 4.75. The molecule has 7 heteroatoms. The molecule has 0 aliphatic rings. The zero-order valence-corrected chi connectivity index (χ0v) is 14.7. The maximum absolute atomic E-state index is 14.0. The van der Waals surface area contributed by atoms with Crippen LogP contribution in [0.25, 0.3) is 10.2 Å². The average Bonchev–Trinajstić information content (AvgIpc) is 3.08. The minimum absolute atomic E-state index is 0.0490. The summed E-state index contributed by atoms with van der Waals surface area (Å²) in [4.78, 5) is 16.5. The smallest absolute Gasteiger partial charge is 0.344 e. The van der Waals surface area contributed by atoms with Crippen molar-refractivity contribution in [2.75, 3.05) is 5.73 Å². The highest BCUT2D eigenvalue weighted by Crippen LogP contribution is 2.39. The van der Waals surface area contributed by atoms with E-state index in [4.69, 9.17) is 15.2 Å². The van der Waals surface area contributed by atoms with Crippen molar-refractivity contribution in [2.24, 2.45) is 0 Å². The molecule has 2 heterocycles. The summed E-state index contributed by atoms with van der Waals surface area (Å²) in [6.07, 6.45) is 1.54. The Morgan fingerprint density at radius 2 is 1.85 bits per heavy atom. The molecule has 5 nitrogen and oxygen atoms in total. The molecular weight excluding hydrogens is 367 g/mol. The summed E-state index contributed by atoms with van der Waals surface area (Å²) in [5.41, 5.74) is 6.90. The summed E-state index contributed by atoms with van der Waals surface area (Å²) >= 11 is 1.20. The number of ether oxygens (including phenoxy) is 2. The highest BCUT2D eigenvalue weighted by molar-refractivity contribution is 7.21. The van der Waals surface area contributed by atoms with E-state index in [0.717, 1.165) is 0 Å². The molecule has 0 radical (unpaired) electrons. The molecule has 0 atom stereocenters. The Labute approximate surface area is 157 Å². The van der Waals surface area contributed by atoms with E-state index >= 15 is 0 Å². The molecule has 0 saturated carbocycles. The van der Waals surface area contributed by atoms with Crippen LogP contribution in [0.1, 0.15) is 10.4 Å². The zero-order valence-electron chi connectivity index (χ0n) is 13.9. The molecule has 4 aromatic rings. The maximum atomic E-state index is 14.0. The number of anilines is 1. The molecule has 2 aromatic carbocycles. The van der Waals surface area contributed by atoms with Gasteiger partial charge in [-0.25, -0.2) is 9.18 Å². The van der Waals surface area contributed by atoms with Crippen molar-refractivity contribution in [3.8, 4) is 16.6 Å². The van der Waals surface area contributed by atoms with Crippen LogP contribution in [0.15, 0.2) is 66.9 Å². The number of nitrogens with zero attached hydrogens (tertiary/aromatic N) is 1. The largest absolute Gasteiger partial charge is 0.453 e. The Kier molecular flexibility index (Phi) is 4.43. The number of pyridine rings is 1. The van der Waals surface area contributed by atoms with E-state index in [9.17, 15) is 9.18 Å². The number of esters is 1. The number of hydrogen-bond donors (Lipinski definition) is 1. The first-order valence-electron chi connectivity index (χ1n) is 7.99. The molecule has 0 fully saturated rings. The normalized spacial score (nSPS) is 10.7. The van der Waals surface area contributed by atoms with Crippen LogP contribution in [0.4, 0.5) is 10.1 Å². The summed E-state index contributed by atoms with van der Waals surface area (Å²) < 4.78 is 25.8. The number of carbonyl (C=O) groups is 1. The number of carbonyl (C=O) groups excluding carboxylic acids is 1. The lowest BCUT2D eigenvalue weighted by molar-refractivity contribution is 0.0741. The lowest BCUT2D eigenvalue weighted by Gasteiger charge is -2.07. The van der Waals surface area contributed by atoms with Gasteiger partial charge in [0.05, 0.1) is 15.8 Å². The van der Waals surface area contributed by atoms with Crippen molar-refractivity contribution < 1.29 is 18.7 Å². The van der Waals surface area contributed by atoms with E-state index in [-0.39, 0.29) is 5.75 Å². The van der Waals surface area contributed by atoms with Crippen molar-refractivity contribution in [2.45, 2.75) is 0 Å². The number of benzene rings is 2. The van der Waals surface area contributed by atoms with Crippen LogP contribution in [0.5, 0.6) is 16.6 Å². The van der Waals surface area contributed by atoms with E-state index in [2.05, 4.69) is 4.98 Å². The lowest BCUT2D eigenvalue weighted by Crippen LogP contribution is -2.06. The number of thiophene rings is 1. The Morgan fingerprint density at radius 1 is 1.04 bits per heavy atom. The quantitative estimate of drug-likeness (QED) is 0.397. The molecule has 0 saturated heterocycles. The second-order valence-corrected chi connectivity index (χ2v) is 6.65. The topological polar surface area (TPSA) is 74.4 Å². The fourth-order valence-corrected chi connectivity index (χ4v) is 3.38. The van der Waals surface area contributed by atoms with Crippen LogP contribution in [-0.4, -0.2) is 11.0 Å². The van der Waals surface area contributed by atoms with Gasteiger partial charge in [0, 0.05) is 30.1 Å². The molecule has 0 bridgehead atoms. The van der Waals surface area contributed by atoms with Crippen LogP contribution in [0.3, 0.4) is 0 Å². The van der Waals surface area contributed by atoms with Gasteiger partial charge in [0.15, 0.2) is 16.6 Å². The predicted octanol–water partition coefficient (Wildman–Crippen LogP) is 5.03. The molecule has 134 valence electrons. The number of hydrogen-bond acceptors (Lipinski definition) is 6. The third kappa shape index (κ3) is 3.58. The van der Waals surface area contributed by atoms with Gasteiger partial charge in [0.2, 0.25) is 0 Å². The van der Waals surface area contributed by atoms with Gasteiger partial charge in [-0.05, 0) is 24.3 Å². The Hall–Kier alpha value is -3.45. The number of rotatable bonds is 4. The van der Waals surface area contributed by atoms with Crippen molar-refractivity contribution in [3.05, 3.63) is 78.2 Å². The minimum Gasteiger partial charge on any atom is -0.453 e. The fourth-order valence-electron chi connectivity index (χ4n) is 2.47. The van der Waals surface area contributed by atoms with Gasteiger partial charge < -0.3 is 15.2 Å². The summed E-state index contributed by atoms with van der Waals surface area (Å²) in [7, 11) is 0. The standard InChI is InChI=1S/C20H13FN2O3S/c21-14-10-13(22)6-7-16(14)25-17-8-9-23-15-11-18(27-19(15)17)26-20(24)12-4-2-1-3-5-12/h1-11H,22H2. The predicted molar refractivity (Wildman–Crippen MR) is 102 cm³/mol. The van der Waals surface area contributed by atoms with Crippen LogP contribution in [0.2, 0.25) is 0 Å². The van der Waals surface area contributed by atoms with Crippen molar-refractivity contribution >= 4 is 33.2 Å². The molecule has 0 aliphatic heterocycles. The second-order valence-electron chi connectivity index (χ2n) is 5.64. The average molecular weight is 380 g/mol. The van der Waals surface area contributed by atoms with Crippen LogP contribution < -0.4 is 15.2 Å². The van der Waals surface area contributed by atoms with Gasteiger partial charge >= 0.3 is 5.97 Å². The number of nitrogens with two attached hydrogens (primary N) is 1. The van der Waals surface area contributed by atoms with Crippen molar-refractivity contribution in [3.63, 3.8) is 0 Å². The van der Waals surface area contributed by atoms with Crippen LogP contribution in [0, 0.1) is 5.82 Å². The first-order chi connectivity index (χ1) is 13.1. The van der Waals surface area contributed by atoms with E-state index < -0.39 is 11.8 Å². The van der Waals surface area contributed by atoms with Gasteiger partial charge in [0.25, 0.3) is 0 Å². The van der Waals surface area contributed by atoms with E-state index in [1.807, 2.05) is 6.07 Å². The van der Waals surface area contributed by atoms with Crippen LogP contribution in [-0.2, 0) is 0 Å². The maximum Gasteiger partial charge on any atom is 0.344 e. The number of nitrogen functional groups attached to an aromatic ring is 1. The monoisotopic (exact) mass is 380 g/mol. The highest BCUT2D eigenvalue weighted by Gasteiger charge is 2.15. The van der Waals surface area contributed by atoms with Crippen LogP contribution >= 0.6 is 11.3 Å². The van der Waals surface area contributed by atoms with Gasteiger partial charge in [0.1, 0.15) is 5.75 Å². The van der Waals surface area contributed by atoms with Gasteiger partial charge in [-0.2, -0.15) is 0 Å². The third-order valence-electron chi connectivity index (χ3n) is 3.73. The SMILES string of the molecule is Nc1ccc(Oc2ccnc3cc(OC(=O)c4ccccc4)sc23)c(F)c1. The number of halogens is 1. The fraction of sp³-hybridized carbons (Fsp3) is 0. The molecule has 0 unspecified atom stereocenters. The molecule has 2 aromatic heterocycles. The molecule has 2 N–H and O–H groups in total. The molecule has 27 heavy (non-hydrogen) atoms. The first-order valence-corrected chi connectivity index (χ1v) is 8.80. The minimum atomic E-state index is -0.563. The summed E-state index contributed by atoms with van der Waals surface area (Å²) in [6.45, 7) is 0. The number of fused-ring (bicyclic) bond motifs is 1. The summed E-state index contributed by atoms with van der Waals surface area (Å²) in [5.74, 6) is -0.565. The van der Waals surface area contributed by atoms with Gasteiger partial charge in [-0.15, -0.1) is 0 Å². The zero-order chi connectivity index (χ0) is 18.8. The Balaban J connectivity index is 1.63. The summed E-state index contributed by atoms with van der Waals surface area (Å²) in [5, 5.41) is 0.375. The molecule has 0 aliphatic carbocycles. The second kappa shape index (κ2) is 7.05. The highest BCUT2D eigenvalue weighted by atomic mass is 32.1. The van der Waals surface area contributed by atoms with Crippen molar-refractivity contribution in [1.29, 1.82) is 0 Å². The van der Waals surface area contributed by atoms with Gasteiger partial charge in [-0.3, -0.25) is 4.98 Å². The van der Waals surface area contributed by atoms with Gasteiger partial charge in [-0.1, -0.05) is 29.5 Å². The molecule has 0 spiro atoms. The summed E-state index contributed by atoms with van der Waals surface area (Å²) in [6, 6.07) is 16.2. The molecular formula is C20H13FN2O3S.